The predicted octanol–water partition coefficient (Wildman–Crippen LogP) is 2.09. The Labute approximate surface area is 184 Å². The summed E-state index contributed by atoms with van der Waals surface area (Å²) in [6.45, 7) is 6.35. The molecule has 0 spiro atoms. The van der Waals surface area contributed by atoms with E-state index in [9.17, 15) is 18.0 Å². The van der Waals surface area contributed by atoms with Crippen molar-refractivity contribution in [2.45, 2.75) is 44.4 Å². The van der Waals surface area contributed by atoms with Crippen LogP contribution < -0.4 is 9.64 Å². The number of sulfonamides is 1. The van der Waals surface area contributed by atoms with Crippen molar-refractivity contribution in [2.75, 3.05) is 44.2 Å². The number of hydrogen-bond acceptors (Lipinski definition) is 5. The molecule has 8 nitrogen and oxygen atoms in total. The molecule has 2 fully saturated rings. The smallest absolute Gasteiger partial charge is 0.265 e. The number of nitrogens with zero attached hydrogens (tertiary/aromatic N) is 3. The fraction of sp³-hybridized carbons (Fsp3) is 0.636. The van der Waals surface area contributed by atoms with E-state index >= 15 is 0 Å². The van der Waals surface area contributed by atoms with Crippen LogP contribution in [-0.4, -0.2) is 68.8 Å². The molecule has 0 N–H and O–H groups in total. The van der Waals surface area contributed by atoms with E-state index in [0.29, 0.717) is 49.5 Å². The molecule has 1 aromatic rings. The lowest BCUT2D eigenvalue weighted by Crippen LogP contribution is -2.50. The zero-order valence-electron chi connectivity index (χ0n) is 18.2. The molecule has 0 aliphatic carbocycles. The number of carbonyl (C=O) groups is 2. The van der Waals surface area contributed by atoms with Crippen molar-refractivity contribution in [3.05, 3.63) is 18.2 Å². The van der Waals surface area contributed by atoms with E-state index in [1.807, 2.05) is 4.90 Å². The summed E-state index contributed by atoms with van der Waals surface area (Å²) >= 11 is 0. The largest absolute Gasteiger partial charge is 0.482 e. The zero-order chi connectivity index (χ0) is 22.2. The van der Waals surface area contributed by atoms with Gasteiger partial charge in [0.1, 0.15) is 12.3 Å². The molecule has 170 valence electrons. The SMILES string of the molecule is C[C@@H]1C[C@H](C)CN(C(=O)CN2C(=O)COc3ccc(S(=O)(=O)N4CCCCC4)cc32)C1. The van der Waals surface area contributed by atoms with Crippen molar-refractivity contribution in [3.8, 4) is 5.75 Å². The monoisotopic (exact) mass is 449 g/mol. The third-order valence-electron chi connectivity index (χ3n) is 6.34. The van der Waals surface area contributed by atoms with Crippen LogP contribution in [0.25, 0.3) is 0 Å². The number of carbonyl (C=O) groups excluding carboxylic acids is 2. The van der Waals surface area contributed by atoms with Gasteiger partial charge in [0.2, 0.25) is 15.9 Å². The highest BCUT2D eigenvalue weighted by atomic mass is 32.2. The van der Waals surface area contributed by atoms with Crippen LogP contribution in [0, 0.1) is 11.8 Å². The van der Waals surface area contributed by atoms with Crippen molar-refractivity contribution in [3.63, 3.8) is 0 Å². The van der Waals surface area contributed by atoms with E-state index in [-0.39, 0.29) is 29.9 Å². The number of rotatable bonds is 4. The van der Waals surface area contributed by atoms with Gasteiger partial charge in [-0.1, -0.05) is 20.3 Å². The highest BCUT2D eigenvalue weighted by Crippen LogP contribution is 2.35. The van der Waals surface area contributed by atoms with Gasteiger partial charge in [0.15, 0.2) is 6.61 Å². The van der Waals surface area contributed by atoms with Crippen LogP contribution in [0.1, 0.15) is 39.5 Å². The lowest BCUT2D eigenvalue weighted by molar-refractivity contribution is -0.134. The van der Waals surface area contributed by atoms with Crippen molar-refractivity contribution in [2.24, 2.45) is 11.8 Å². The van der Waals surface area contributed by atoms with Crippen molar-refractivity contribution < 1.29 is 22.7 Å². The number of benzene rings is 1. The van der Waals surface area contributed by atoms with Crippen LogP contribution in [0.2, 0.25) is 0 Å². The fourth-order valence-corrected chi connectivity index (χ4v) is 6.41. The Morgan fingerprint density at radius 3 is 2.45 bits per heavy atom. The van der Waals surface area contributed by atoms with Gasteiger partial charge >= 0.3 is 0 Å². The van der Waals surface area contributed by atoms with E-state index < -0.39 is 10.0 Å². The van der Waals surface area contributed by atoms with Gasteiger partial charge in [-0.15, -0.1) is 0 Å². The van der Waals surface area contributed by atoms with Crippen molar-refractivity contribution in [1.29, 1.82) is 0 Å². The Bertz CT molecular complexity index is 948. The van der Waals surface area contributed by atoms with Gasteiger partial charge in [-0.2, -0.15) is 4.31 Å². The molecule has 0 aromatic heterocycles. The first kappa shape index (κ1) is 22.1. The van der Waals surface area contributed by atoms with E-state index in [1.165, 1.54) is 21.3 Å². The quantitative estimate of drug-likeness (QED) is 0.703. The highest BCUT2D eigenvalue weighted by molar-refractivity contribution is 7.89. The molecular formula is C22H31N3O5S. The maximum absolute atomic E-state index is 13.1. The number of amides is 2. The minimum atomic E-state index is -3.66. The average molecular weight is 450 g/mol. The van der Waals surface area contributed by atoms with E-state index in [2.05, 4.69) is 13.8 Å². The van der Waals surface area contributed by atoms with Crippen LogP contribution in [0.4, 0.5) is 5.69 Å². The molecule has 0 radical (unpaired) electrons. The summed E-state index contributed by atoms with van der Waals surface area (Å²) in [6.07, 6.45) is 3.81. The summed E-state index contributed by atoms with van der Waals surface area (Å²) in [5.41, 5.74) is 0.348. The first-order chi connectivity index (χ1) is 14.8. The molecule has 9 heteroatoms. The third kappa shape index (κ3) is 4.57. The summed E-state index contributed by atoms with van der Waals surface area (Å²) in [6, 6.07) is 4.58. The molecule has 0 saturated carbocycles. The highest BCUT2D eigenvalue weighted by Gasteiger charge is 2.33. The normalized spacial score (nSPS) is 25.2. The average Bonchev–Trinajstić information content (AvgIpc) is 2.75. The summed E-state index contributed by atoms with van der Waals surface area (Å²) in [4.78, 5) is 29.0. The predicted molar refractivity (Wildman–Crippen MR) is 116 cm³/mol. The minimum Gasteiger partial charge on any atom is -0.482 e. The van der Waals surface area contributed by atoms with Crippen LogP contribution >= 0.6 is 0 Å². The Kier molecular flexibility index (Phi) is 6.25. The summed E-state index contributed by atoms with van der Waals surface area (Å²) in [5.74, 6) is 0.795. The van der Waals surface area contributed by atoms with Gasteiger partial charge in [-0.3, -0.25) is 14.5 Å². The van der Waals surface area contributed by atoms with Crippen LogP contribution in [-0.2, 0) is 19.6 Å². The Balaban J connectivity index is 1.59. The second-order valence-electron chi connectivity index (χ2n) is 9.11. The van der Waals surface area contributed by atoms with Crippen LogP contribution in [0.15, 0.2) is 23.1 Å². The van der Waals surface area contributed by atoms with Crippen LogP contribution in [0.5, 0.6) is 5.75 Å². The van der Waals surface area contributed by atoms with Gasteiger partial charge in [-0.05, 0) is 49.3 Å². The second kappa shape index (κ2) is 8.78. The molecule has 0 bridgehead atoms. The molecule has 3 heterocycles. The molecule has 3 aliphatic rings. The van der Waals surface area contributed by atoms with Crippen molar-refractivity contribution in [1.82, 2.24) is 9.21 Å². The topological polar surface area (TPSA) is 87.2 Å². The summed E-state index contributed by atoms with van der Waals surface area (Å²) in [7, 11) is -3.66. The lowest BCUT2D eigenvalue weighted by Gasteiger charge is -2.37. The van der Waals surface area contributed by atoms with Gasteiger partial charge in [-0.25, -0.2) is 8.42 Å². The van der Waals surface area contributed by atoms with Gasteiger partial charge in [0.25, 0.3) is 5.91 Å². The fourth-order valence-electron chi connectivity index (χ4n) is 4.87. The van der Waals surface area contributed by atoms with Crippen molar-refractivity contribution >= 4 is 27.5 Å². The van der Waals surface area contributed by atoms with Gasteiger partial charge in [0.05, 0.1) is 10.6 Å². The lowest BCUT2D eigenvalue weighted by atomic mass is 9.92. The Morgan fingerprint density at radius 1 is 1.10 bits per heavy atom. The van der Waals surface area contributed by atoms with E-state index in [1.54, 1.807) is 6.07 Å². The third-order valence-corrected chi connectivity index (χ3v) is 8.24. The molecular weight excluding hydrogens is 418 g/mol. The van der Waals surface area contributed by atoms with Gasteiger partial charge < -0.3 is 9.64 Å². The molecule has 1 aromatic carbocycles. The molecule has 3 aliphatic heterocycles. The maximum atomic E-state index is 13.1. The first-order valence-electron chi connectivity index (χ1n) is 11.1. The number of fused-ring (bicyclic) bond motifs is 1. The second-order valence-corrected chi connectivity index (χ2v) is 11.0. The summed E-state index contributed by atoms with van der Waals surface area (Å²) < 4.78 is 33.2. The zero-order valence-corrected chi connectivity index (χ0v) is 19.1. The molecule has 31 heavy (non-hydrogen) atoms. The molecule has 2 atom stereocenters. The molecule has 2 saturated heterocycles. The number of piperidine rings is 2. The first-order valence-corrected chi connectivity index (χ1v) is 12.5. The Morgan fingerprint density at radius 2 is 1.77 bits per heavy atom. The number of likely N-dealkylation sites (tertiary alicyclic amines) is 1. The standard InChI is InChI=1S/C22H31N3O5S/c1-16-10-17(2)13-23(12-16)21(26)14-25-19-11-18(6-7-20(19)30-15-22(25)27)31(28,29)24-8-4-3-5-9-24/h6-7,11,16-17H,3-5,8-10,12-15H2,1-2H3/t16-,17+. The molecule has 0 unspecified atom stereocenters. The van der Waals surface area contributed by atoms with E-state index in [4.69, 9.17) is 4.74 Å². The number of anilines is 1. The van der Waals surface area contributed by atoms with Crippen LogP contribution in [0.3, 0.4) is 0 Å². The van der Waals surface area contributed by atoms with Gasteiger partial charge in [0, 0.05) is 26.2 Å². The summed E-state index contributed by atoms with van der Waals surface area (Å²) in [5, 5.41) is 0. The Hall–Kier alpha value is -2.13. The molecule has 4 rings (SSSR count). The van der Waals surface area contributed by atoms with E-state index in [0.717, 1.165) is 25.7 Å². The number of hydrogen-bond donors (Lipinski definition) is 0. The maximum Gasteiger partial charge on any atom is 0.265 e. The minimum absolute atomic E-state index is 0.109. The number of ether oxygens (including phenoxy) is 1. The molecule has 2 amide bonds.